The second-order valence-corrected chi connectivity index (χ2v) is 8.62. The quantitative estimate of drug-likeness (QED) is 0.461. The van der Waals surface area contributed by atoms with Gasteiger partial charge in [0.2, 0.25) is 0 Å². The number of rotatable bonds is 6. The third-order valence-electron chi connectivity index (χ3n) is 6.34. The molecule has 0 radical (unpaired) electrons. The van der Waals surface area contributed by atoms with E-state index < -0.39 is 18.7 Å². The number of anilines is 1. The maximum Gasteiger partial charge on any atom is 0.414 e. The van der Waals surface area contributed by atoms with Crippen molar-refractivity contribution in [3.63, 3.8) is 0 Å². The Morgan fingerprint density at radius 2 is 1.85 bits per heavy atom. The van der Waals surface area contributed by atoms with Crippen LogP contribution in [-0.4, -0.2) is 49.9 Å². The highest BCUT2D eigenvalue weighted by Gasteiger charge is 2.35. The molecule has 4 rings (SSSR count). The molecule has 2 aliphatic rings. The van der Waals surface area contributed by atoms with Crippen molar-refractivity contribution in [2.75, 3.05) is 31.8 Å². The second kappa shape index (κ2) is 10.0. The summed E-state index contributed by atoms with van der Waals surface area (Å²) in [5.41, 5.74) is 6.47. The van der Waals surface area contributed by atoms with Crippen molar-refractivity contribution in [3.8, 4) is 5.75 Å². The number of aryl methyl sites for hydroxylation is 2. The van der Waals surface area contributed by atoms with Crippen molar-refractivity contribution in [2.45, 2.75) is 32.9 Å². The van der Waals surface area contributed by atoms with Gasteiger partial charge in [-0.2, -0.15) is 0 Å². The predicted octanol–water partition coefficient (Wildman–Crippen LogP) is 4.61. The largest absolute Gasteiger partial charge is 0.497 e. The lowest BCUT2D eigenvalue weighted by Crippen LogP contribution is -2.41. The van der Waals surface area contributed by atoms with Crippen LogP contribution < -0.4 is 9.64 Å². The number of ether oxygens (including phenoxy) is 3. The molecule has 34 heavy (non-hydrogen) atoms. The minimum Gasteiger partial charge on any atom is -0.497 e. The maximum absolute atomic E-state index is 13.1. The highest BCUT2D eigenvalue weighted by atomic mass is 16.6. The van der Waals surface area contributed by atoms with E-state index in [4.69, 9.17) is 14.2 Å². The van der Waals surface area contributed by atoms with Crippen LogP contribution >= 0.6 is 0 Å². The molecule has 1 atom stereocenters. The van der Waals surface area contributed by atoms with Crippen LogP contribution in [-0.2, 0) is 20.8 Å². The Morgan fingerprint density at radius 1 is 1.12 bits per heavy atom. The third-order valence-corrected chi connectivity index (χ3v) is 6.34. The van der Waals surface area contributed by atoms with Gasteiger partial charge in [-0.15, -0.1) is 0 Å². The van der Waals surface area contributed by atoms with Gasteiger partial charge in [-0.1, -0.05) is 30.9 Å². The van der Waals surface area contributed by atoms with Gasteiger partial charge >= 0.3 is 12.1 Å². The van der Waals surface area contributed by atoms with Crippen molar-refractivity contribution in [1.82, 2.24) is 4.90 Å². The number of fused-ring (bicyclic) bond motifs is 2. The number of benzene rings is 2. The lowest BCUT2D eigenvalue weighted by atomic mass is 10.0. The normalized spacial score (nSPS) is 16.7. The number of methoxy groups -OCH3 is 1. The zero-order chi connectivity index (χ0) is 24.2. The summed E-state index contributed by atoms with van der Waals surface area (Å²) in [4.78, 5) is 28.9. The molecule has 0 fully saturated rings. The number of hydrogen-bond donors (Lipinski definition) is 0. The maximum atomic E-state index is 13.1. The van der Waals surface area contributed by atoms with Gasteiger partial charge in [0.1, 0.15) is 12.4 Å². The van der Waals surface area contributed by atoms with Crippen LogP contribution in [0.25, 0.3) is 5.57 Å². The van der Waals surface area contributed by atoms with Crippen molar-refractivity contribution >= 4 is 23.3 Å². The van der Waals surface area contributed by atoms with Crippen molar-refractivity contribution < 1.29 is 23.8 Å². The standard InChI is InChI=1S/C27H30N2O5/c1-5-10-33-26(30)17-34-27(31)29-16-23-13-21(20-6-8-24(32-4)9-7-20)14-28(23)15-22-11-18(2)19(3)12-25(22)29/h5-9,11-12,14,23H,1,10,13,15-17H2,2-4H3/t23-/m0/s1. The predicted molar refractivity (Wildman–Crippen MR) is 131 cm³/mol. The van der Waals surface area contributed by atoms with Gasteiger partial charge in [-0.05, 0) is 66.3 Å². The van der Waals surface area contributed by atoms with Gasteiger partial charge in [-0.3, -0.25) is 4.90 Å². The monoisotopic (exact) mass is 462 g/mol. The van der Waals surface area contributed by atoms with E-state index in [1.807, 2.05) is 25.1 Å². The first kappa shape index (κ1) is 23.4. The summed E-state index contributed by atoms with van der Waals surface area (Å²) < 4.78 is 15.5. The number of nitrogens with zero attached hydrogens (tertiary/aromatic N) is 2. The molecule has 178 valence electrons. The molecule has 0 saturated heterocycles. The number of hydrogen-bond acceptors (Lipinski definition) is 6. The van der Waals surface area contributed by atoms with Crippen molar-refractivity contribution in [3.05, 3.63) is 77.5 Å². The molecule has 0 aromatic heterocycles. The molecule has 2 aliphatic heterocycles. The van der Waals surface area contributed by atoms with E-state index in [2.05, 4.69) is 42.8 Å². The second-order valence-electron chi connectivity index (χ2n) is 8.62. The van der Waals surface area contributed by atoms with Gasteiger partial charge < -0.3 is 19.1 Å². The third kappa shape index (κ3) is 4.93. The molecule has 0 aliphatic carbocycles. The van der Waals surface area contributed by atoms with E-state index in [-0.39, 0.29) is 12.6 Å². The minimum absolute atomic E-state index is 0.0816. The Hall–Kier alpha value is -3.74. The number of carbonyl (C=O) groups is 2. The van der Waals surface area contributed by atoms with Crippen molar-refractivity contribution in [1.29, 1.82) is 0 Å². The van der Waals surface area contributed by atoms with E-state index in [1.165, 1.54) is 11.6 Å². The Morgan fingerprint density at radius 3 is 2.56 bits per heavy atom. The zero-order valence-corrected chi connectivity index (χ0v) is 19.9. The van der Waals surface area contributed by atoms with Crippen LogP contribution in [0.2, 0.25) is 0 Å². The van der Waals surface area contributed by atoms with Gasteiger partial charge in [0.15, 0.2) is 6.61 Å². The smallest absolute Gasteiger partial charge is 0.414 e. The van der Waals surface area contributed by atoms with E-state index in [0.29, 0.717) is 13.1 Å². The zero-order valence-electron chi connectivity index (χ0n) is 19.9. The molecule has 0 N–H and O–H groups in total. The Labute approximate surface area is 200 Å². The van der Waals surface area contributed by atoms with E-state index >= 15 is 0 Å². The summed E-state index contributed by atoms with van der Waals surface area (Å²) in [5.74, 6) is 0.214. The summed E-state index contributed by atoms with van der Waals surface area (Å²) in [6.45, 7) is 8.39. The average molecular weight is 463 g/mol. The molecule has 7 nitrogen and oxygen atoms in total. The molecule has 2 aromatic rings. The van der Waals surface area contributed by atoms with E-state index in [0.717, 1.165) is 40.1 Å². The van der Waals surface area contributed by atoms with E-state index in [9.17, 15) is 9.59 Å². The van der Waals surface area contributed by atoms with Crippen molar-refractivity contribution in [2.24, 2.45) is 0 Å². The molecule has 1 amide bonds. The van der Waals surface area contributed by atoms with Crippen LogP contribution in [0.3, 0.4) is 0 Å². The fourth-order valence-electron chi connectivity index (χ4n) is 4.38. The number of amides is 1. The summed E-state index contributed by atoms with van der Waals surface area (Å²) >= 11 is 0. The molecule has 2 aromatic carbocycles. The van der Waals surface area contributed by atoms with Gasteiger partial charge in [0.05, 0.1) is 18.8 Å². The topological polar surface area (TPSA) is 68.3 Å². The minimum atomic E-state index is -0.602. The molecule has 7 heteroatoms. The van der Waals surface area contributed by atoms with Crippen LogP contribution in [0.4, 0.5) is 10.5 Å². The molecule has 0 unspecified atom stereocenters. The highest BCUT2D eigenvalue weighted by Crippen LogP contribution is 2.38. The first-order valence-electron chi connectivity index (χ1n) is 11.3. The summed E-state index contributed by atoms with van der Waals surface area (Å²) in [7, 11) is 1.65. The lowest BCUT2D eigenvalue weighted by Gasteiger charge is -2.26. The van der Waals surface area contributed by atoms with Crippen LogP contribution in [0, 0.1) is 13.8 Å². The molecule has 0 bridgehead atoms. The molecular formula is C27H30N2O5. The van der Waals surface area contributed by atoms with Gasteiger partial charge in [0, 0.05) is 19.3 Å². The van der Waals surface area contributed by atoms with Crippen LogP contribution in [0.15, 0.2) is 55.3 Å². The molecule has 2 heterocycles. The lowest BCUT2D eigenvalue weighted by molar-refractivity contribution is -0.145. The molecule has 0 saturated carbocycles. The summed E-state index contributed by atoms with van der Waals surface area (Å²) in [6, 6.07) is 12.3. The highest BCUT2D eigenvalue weighted by molar-refractivity contribution is 5.91. The fraction of sp³-hybridized carbons (Fsp3) is 0.333. The molecule has 0 spiro atoms. The average Bonchev–Trinajstić information content (AvgIpc) is 3.17. The van der Waals surface area contributed by atoms with Gasteiger partial charge in [0.25, 0.3) is 0 Å². The molecular weight excluding hydrogens is 432 g/mol. The first-order valence-corrected chi connectivity index (χ1v) is 11.3. The Bertz CT molecular complexity index is 1120. The van der Waals surface area contributed by atoms with Crippen LogP contribution in [0.5, 0.6) is 5.75 Å². The SMILES string of the molecule is C=CCOC(=O)COC(=O)N1C[C@@H]2CC(c3ccc(OC)cc3)=CN2Cc2cc(C)c(C)cc21. The summed E-state index contributed by atoms with van der Waals surface area (Å²) in [6.07, 6.45) is 3.90. The fourth-order valence-corrected chi connectivity index (χ4v) is 4.38. The summed E-state index contributed by atoms with van der Waals surface area (Å²) in [5, 5.41) is 0. The van der Waals surface area contributed by atoms with Crippen LogP contribution in [0.1, 0.15) is 28.7 Å². The first-order chi connectivity index (χ1) is 16.4. The van der Waals surface area contributed by atoms with Gasteiger partial charge in [-0.25, -0.2) is 9.59 Å². The number of carbonyl (C=O) groups excluding carboxylic acids is 2. The van der Waals surface area contributed by atoms with E-state index in [1.54, 1.807) is 12.0 Å². The Kier molecular flexibility index (Phi) is 6.91. The Balaban J connectivity index is 1.58. The number of esters is 1.